The zero-order chi connectivity index (χ0) is 13.0. The second-order valence-corrected chi connectivity index (χ2v) is 4.90. The Balaban J connectivity index is 0.00000289. The van der Waals surface area contributed by atoms with Crippen LogP contribution >= 0.6 is 12.4 Å². The van der Waals surface area contributed by atoms with Gasteiger partial charge in [-0.1, -0.05) is 29.3 Å². The molecule has 1 amide bonds. The Morgan fingerprint density at radius 2 is 1.72 bits per heavy atom. The molecule has 102 valence electrons. The molecule has 0 aliphatic heterocycles. The Bertz CT molecular complexity index is 385. The number of carbonyl (C=O) groups is 1. The molecule has 0 aliphatic carbocycles. The van der Waals surface area contributed by atoms with Crippen molar-refractivity contribution < 1.29 is 4.79 Å². The van der Waals surface area contributed by atoms with Crippen LogP contribution in [0.2, 0.25) is 0 Å². The number of aryl methyl sites for hydroxylation is 2. The number of hydrogen-bond donors (Lipinski definition) is 2. The highest BCUT2D eigenvalue weighted by atomic mass is 35.5. The van der Waals surface area contributed by atoms with Gasteiger partial charge < -0.3 is 11.1 Å². The average molecular weight is 271 g/mol. The second kappa shape index (κ2) is 7.39. The SMILES string of the molecule is Cc1cc(C)cc(CC(C)NC(=O)[C@@H](C)N)c1.Cl. The van der Waals surface area contributed by atoms with Crippen molar-refractivity contribution in [1.82, 2.24) is 5.32 Å². The molecule has 0 saturated heterocycles. The number of carbonyl (C=O) groups excluding carboxylic acids is 1. The summed E-state index contributed by atoms with van der Waals surface area (Å²) in [7, 11) is 0. The molecule has 0 aromatic heterocycles. The predicted octanol–water partition coefficient (Wildman–Crippen LogP) is 2.12. The van der Waals surface area contributed by atoms with E-state index in [-0.39, 0.29) is 24.4 Å². The molecule has 0 bridgehead atoms. The van der Waals surface area contributed by atoms with Crippen LogP contribution < -0.4 is 11.1 Å². The van der Waals surface area contributed by atoms with Crippen LogP contribution in [0.1, 0.15) is 30.5 Å². The van der Waals surface area contributed by atoms with E-state index in [1.807, 2.05) is 6.92 Å². The van der Waals surface area contributed by atoms with Crippen molar-refractivity contribution in [2.24, 2.45) is 5.73 Å². The smallest absolute Gasteiger partial charge is 0.236 e. The van der Waals surface area contributed by atoms with Crippen LogP contribution in [0, 0.1) is 13.8 Å². The summed E-state index contributed by atoms with van der Waals surface area (Å²) in [4.78, 5) is 11.4. The van der Waals surface area contributed by atoms with Crippen molar-refractivity contribution >= 4 is 18.3 Å². The summed E-state index contributed by atoms with van der Waals surface area (Å²) >= 11 is 0. The molecule has 1 unspecified atom stereocenters. The Morgan fingerprint density at radius 3 is 2.17 bits per heavy atom. The third-order valence-corrected chi connectivity index (χ3v) is 2.63. The molecule has 0 fully saturated rings. The van der Waals surface area contributed by atoms with Gasteiger partial charge in [0.05, 0.1) is 6.04 Å². The van der Waals surface area contributed by atoms with E-state index in [0.29, 0.717) is 0 Å². The molecule has 0 saturated carbocycles. The number of halogens is 1. The fraction of sp³-hybridized carbons (Fsp3) is 0.500. The molecule has 0 aliphatic rings. The van der Waals surface area contributed by atoms with Crippen LogP contribution in [0.4, 0.5) is 0 Å². The molecule has 0 heterocycles. The molecule has 1 rings (SSSR count). The van der Waals surface area contributed by atoms with Gasteiger partial charge >= 0.3 is 0 Å². The maximum atomic E-state index is 11.4. The lowest BCUT2D eigenvalue weighted by Crippen LogP contribution is -2.43. The number of benzene rings is 1. The highest BCUT2D eigenvalue weighted by molar-refractivity contribution is 5.85. The van der Waals surface area contributed by atoms with Crippen molar-refractivity contribution in [3.8, 4) is 0 Å². The van der Waals surface area contributed by atoms with E-state index in [2.05, 4.69) is 37.4 Å². The van der Waals surface area contributed by atoms with Gasteiger partial charge in [-0.25, -0.2) is 0 Å². The van der Waals surface area contributed by atoms with E-state index in [1.165, 1.54) is 16.7 Å². The summed E-state index contributed by atoms with van der Waals surface area (Å²) in [5.74, 6) is -0.0955. The highest BCUT2D eigenvalue weighted by Crippen LogP contribution is 2.10. The lowest BCUT2D eigenvalue weighted by Gasteiger charge is -2.16. The third-order valence-electron chi connectivity index (χ3n) is 2.63. The van der Waals surface area contributed by atoms with Gasteiger partial charge in [-0.05, 0) is 39.7 Å². The van der Waals surface area contributed by atoms with Crippen molar-refractivity contribution in [2.45, 2.75) is 46.2 Å². The zero-order valence-electron chi connectivity index (χ0n) is 11.5. The van der Waals surface area contributed by atoms with Gasteiger partial charge in [-0.15, -0.1) is 12.4 Å². The first-order valence-corrected chi connectivity index (χ1v) is 6.01. The molecule has 1 aromatic rings. The summed E-state index contributed by atoms with van der Waals surface area (Å²) in [6, 6.07) is 6.11. The van der Waals surface area contributed by atoms with Gasteiger partial charge in [0.15, 0.2) is 0 Å². The van der Waals surface area contributed by atoms with Crippen LogP contribution in [0.3, 0.4) is 0 Å². The number of rotatable bonds is 4. The van der Waals surface area contributed by atoms with Gasteiger partial charge in [0.2, 0.25) is 5.91 Å². The molecular weight excluding hydrogens is 248 g/mol. The quantitative estimate of drug-likeness (QED) is 0.881. The van der Waals surface area contributed by atoms with Gasteiger partial charge in [0, 0.05) is 6.04 Å². The molecule has 4 heteroatoms. The van der Waals surface area contributed by atoms with Gasteiger partial charge in [0.25, 0.3) is 0 Å². The van der Waals surface area contributed by atoms with Crippen LogP contribution in [0.25, 0.3) is 0 Å². The minimum atomic E-state index is -0.448. The van der Waals surface area contributed by atoms with E-state index in [4.69, 9.17) is 5.73 Å². The van der Waals surface area contributed by atoms with Crippen LogP contribution in [0.5, 0.6) is 0 Å². The molecule has 2 atom stereocenters. The van der Waals surface area contributed by atoms with Crippen LogP contribution in [0.15, 0.2) is 18.2 Å². The fourth-order valence-corrected chi connectivity index (χ4v) is 1.97. The first kappa shape index (κ1) is 16.9. The zero-order valence-corrected chi connectivity index (χ0v) is 12.3. The van der Waals surface area contributed by atoms with Gasteiger partial charge in [-0.2, -0.15) is 0 Å². The van der Waals surface area contributed by atoms with Crippen LogP contribution in [-0.2, 0) is 11.2 Å². The number of amides is 1. The van der Waals surface area contributed by atoms with E-state index in [0.717, 1.165) is 6.42 Å². The highest BCUT2D eigenvalue weighted by Gasteiger charge is 2.11. The first-order valence-electron chi connectivity index (χ1n) is 6.01. The number of nitrogens with one attached hydrogen (secondary N) is 1. The second-order valence-electron chi connectivity index (χ2n) is 4.90. The summed E-state index contributed by atoms with van der Waals surface area (Å²) in [6.07, 6.45) is 0.834. The monoisotopic (exact) mass is 270 g/mol. The molecule has 18 heavy (non-hydrogen) atoms. The topological polar surface area (TPSA) is 55.1 Å². The standard InChI is InChI=1S/C14H22N2O.ClH/c1-9-5-10(2)7-13(6-9)8-11(3)16-14(17)12(4)15;/h5-7,11-12H,8,15H2,1-4H3,(H,16,17);1H/t11?,12-;/m1./s1. The third kappa shape index (κ3) is 5.52. The predicted molar refractivity (Wildman–Crippen MR) is 78.1 cm³/mol. The van der Waals surface area contributed by atoms with Gasteiger partial charge in [0.1, 0.15) is 0 Å². The molecular formula is C14H23ClN2O. The number of nitrogens with two attached hydrogens (primary N) is 1. The summed E-state index contributed by atoms with van der Waals surface area (Å²) in [6.45, 7) is 7.86. The average Bonchev–Trinajstić information content (AvgIpc) is 2.14. The van der Waals surface area contributed by atoms with Crippen molar-refractivity contribution in [3.05, 3.63) is 34.9 Å². The van der Waals surface area contributed by atoms with E-state index in [1.54, 1.807) is 6.92 Å². The lowest BCUT2D eigenvalue weighted by atomic mass is 10.0. The molecule has 3 N–H and O–H groups in total. The summed E-state index contributed by atoms with van der Waals surface area (Å²) in [5.41, 5.74) is 9.27. The minimum Gasteiger partial charge on any atom is -0.352 e. The Kier molecular flexibility index (Phi) is 6.96. The molecule has 3 nitrogen and oxygen atoms in total. The summed E-state index contributed by atoms with van der Waals surface area (Å²) in [5, 5.41) is 2.90. The summed E-state index contributed by atoms with van der Waals surface area (Å²) < 4.78 is 0. The molecule has 1 aromatic carbocycles. The van der Waals surface area contributed by atoms with Crippen molar-refractivity contribution in [1.29, 1.82) is 0 Å². The normalized spacial score (nSPS) is 13.4. The van der Waals surface area contributed by atoms with Crippen molar-refractivity contribution in [2.75, 3.05) is 0 Å². The number of hydrogen-bond acceptors (Lipinski definition) is 2. The molecule has 0 spiro atoms. The first-order chi connectivity index (χ1) is 7.88. The van der Waals surface area contributed by atoms with E-state index in [9.17, 15) is 4.79 Å². The Hall–Kier alpha value is -1.06. The van der Waals surface area contributed by atoms with E-state index >= 15 is 0 Å². The van der Waals surface area contributed by atoms with Crippen LogP contribution in [-0.4, -0.2) is 18.0 Å². The lowest BCUT2D eigenvalue weighted by molar-refractivity contribution is -0.122. The van der Waals surface area contributed by atoms with E-state index < -0.39 is 6.04 Å². The molecule has 0 radical (unpaired) electrons. The Morgan fingerprint density at radius 1 is 1.22 bits per heavy atom. The maximum absolute atomic E-state index is 11.4. The van der Waals surface area contributed by atoms with Gasteiger partial charge in [-0.3, -0.25) is 4.79 Å². The maximum Gasteiger partial charge on any atom is 0.236 e. The largest absolute Gasteiger partial charge is 0.352 e. The minimum absolute atomic E-state index is 0. The Labute approximate surface area is 116 Å². The van der Waals surface area contributed by atoms with Crippen molar-refractivity contribution in [3.63, 3.8) is 0 Å². The fourth-order valence-electron chi connectivity index (χ4n) is 1.97.